The second kappa shape index (κ2) is 7.37. The van der Waals surface area contributed by atoms with Crippen LogP contribution in [0.15, 0.2) is 24.3 Å². The van der Waals surface area contributed by atoms with E-state index < -0.39 is 49.0 Å². The van der Waals surface area contributed by atoms with E-state index >= 15 is 0 Å². The van der Waals surface area contributed by atoms with Crippen LogP contribution in [-0.4, -0.2) is 69.3 Å². The van der Waals surface area contributed by atoms with Crippen LogP contribution in [0.25, 0.3) is 0 Å². The zero-order chi connectivity index (χ0) is 17.9. The summed E-state index contributed by atoms with van der Waals surface area (Å²) in [6, 6.07) is 6.71. The van der Waals surface area contributed by atoms with E-state index in [1.54, 1.807) is 18.2 Å². The Balaban J connectivity index is 2.32. The average Bonchev–Trinajstić information content (AvgIpc) is 2.55. The SMILES string of the molecule is Cc1cccc(O[C@H]2[C@H](O)[C@@H](CO)OC(O)(C(=O)CC=O)[C@@H]2O)c1. The molecular formula is C16H20O8. The normalized spacial score (nSPS) is 33.0. The van der Waals surface area contributed by atoms with E-state index in [0.29, 0.717) is 5.75 Å². The molecule has 0 bridgehead atoms. The predicted molar refractivity (Wildman–Crippen MR) is 80.2 cm³/mol. The van der Waals surface area contributed by atoms with E-state index in [9.17, 15) is 30.0 Å². The summed E-state index contributed by atoms with van der Waals surface area (Å²) in [6.07, 6.45) is -6.72. The van der Waals surface area contributed by atoms with Gasteiger partial charge in [-0.3, -0.25) is 4.79 Å². The Labute approximate surface area is 138 Å². The molecule has 132 valence electrons. The molecule has 8 nitrogen and oxygen atoms in total. The minimum absolute atomic E-state index is 0.256. The van der Waals surface area contributed by atoms with Crippen molar-refractivity contribution in [2.24, 2.45) is 0 Å². The molecule has 0 aliphatic carbocycles. The van der Waals surface area contributed by atoms with Crippen LogP contribution in [0.1, 0.15) is 12.0 Å². The Morgan fingerprint density at radius 2 is 2.12 bits per heavy atom. The number of aliphatic hydroxyl groups excluding tert-OH is 3. The summed E-state index contributed by atoms with van der Waals surface area (Å²) >= 11 is 0. The van der Waals surface area contributed by atoms with Crippen molar-refractivity contribution in [3.05, 3.63) is 29.8 Å². The minimum Gasteiger partial charge on any atom is -0.485 e. The molecule has 1 unspecified atom stereocenters. The van der Waals surface area contributed by atoms with Crippen LogP contribution in [0.2, 0.25) is 0 Å². The molecular weight excluding hydrogens is 320 g/mol. The summed E-state index contributed by atoms with van der Waals surface area (Å²) in [6.45, 7) is 1.09. The van der Waals surface area contributed by atoms with Gasteiger partial charge in [0.1, 0.15) is 24.2 Å². The topological polar surface area (TPSA) is 134 Å². The summed E-state index contributed by atoms with van der Waals surface area (Å²) < 4.78 is 10.5. The zero-order valence-corrected chi connectivity index (χ0v) is 13.0. The van der Waals surface area contributed by atoms with Gasteiger partial charge < -0.3 is 34.7 Å². The maximum absolute atomic E-state index is 12.0. The Bertz CT molecular complexity index is 603. The van der Waals surface area contributed by atoms with Crippen molar-refractivity contribution in [2.75, 3.05) is 6.61 Å². The number of carbonyl (C=O) groups excluding carboxylic acids is 2. The molecule has 1 aromatic rings. The van der Waals surface area contributed by atoms with E-state index in [0.717, 1.165) is 5.56 Å². The number of ether oxygens (including phenoxy) is 2. The average molecular weight is 340 g/mol. The summed E-state index contributed by atoms with van der Waals surface area (Å²) in [5, 5.41) is 40.2. The first kappa shape index (κ1) is 18.5. The van der Waals surface area contributed by atoms with Crippen LogP contribution < -0.4 is 4.74 Å². The number of aryl methyl sites for hydroxylation is 1. The number of hydrogen-bond donors (Lipinski definition) is 4. The standard InChI is InChI=1S/C16H20O8/c1-9-3-2-4-10(7-9)23-14-13(20)11(8-18)24-16(22,15(14)21)12(19)5-6-17/h2-4,6-7,11,13-15,18,20-22H,5,8H2,1H3/t11-,13-,14+,15-,16?/m1/s1. The lowest BCUT2D eigenvalue weighted by Crippen LogP contribution is -2.69. The van der Waals surface area contributed by atoms with Crippen molar-refractivity contribution in [3.63, 3.8) is 0 Å². The molecule has 1 aliphatic rings. The second-order valence-corrected chi connectivity index (χ2v) is 5.66. The van der Waals surface area contributed by atoms with Gasteiger partial charge in [-0.15, -0.1) is 0 Å². The van der Waals surface area contributed by atoms with Crippen LogP contribution in [0, 0.1) is 6.92 Å². The molecule has 8 heteroatoms. The van der Waals surface area contributed by atoms with Gasteiger partial charge in [0.2, 0.25) is 5.78 Å². The molecule has 0 amide bonds. The van der Waals surface area contributed by atoms with Gasteiger partial charge in [0, 0.05) is 0 Å². The van der Waals surface area contributed by atoms with Crippen LogP contribution in [0.3, 0.4) is 0 Å². The van der Waals surface area contributed by atoms with E-state index in [4.69, 9.17) is 9.47 Å². The van der Waals surface area contributed by atoms with Gasteiger partial charge in [-0.05, 0) is 24.6 Å². The summed E-state index contributed by atoms with van der Waals surface area (Å²) in [5.41, 5.74) is 0.856. The van der Waals surface area contributed by atoms with Gasteiger partial charge in [-0.1, -0.05) is 12.1 Å². The van der Waals surface area contributed by atoms with Crippen molar-refractivity contribution in [1.82, 2.24) is 0 Å². The second-order valence-electron chi connectivity index (χ2n) is 5.66. The number of ketones is 1. The first-order valence-corrected chi connectivity index (χ1v) is 7.41. The van der Waals surface area contributed by atoms with Gasteiger partial charge in [0.15, 0.2) is 12.2 Å². The van der Waals surface area contributed by atoms with Gasteiger partial charge in [-0.25, -0.2) is 0 Å². The molecule has 1 heterocycles. The molecule has 2 rings (SSSR count). The van der Waals surface area contributed by atoms with Crippen molar-refractivity contribution < 1.29 is 39.5 Å². The smallest absolute Gasteiger partial charge is 0.258 e. The van der Waals surface area contributed by atoms with E-state index in [1.807, 2.05) is 13.0 Å². The predicted octanol–water partition coefficient (Wildman–Crippen LogP) is -1.30. The number of aldehydes is 1. The van der Waals surface area contributed by atoms with Crippen LogP contribution in [0.4, 0.5) is 0 Å². The van der Waals surface area contributed by atoms with Gasteiger partial charge >= 0.3 is 0 Å². The zero-order valence-electron chi connectivity index (χ0n) is 13.0. The summed E-state index contributed by atoms with van der Waals surface area (Å²) in [5.74, 6) is -3.56. The highest BCUT2D eigenvalue weighted by molar-refractivity contribution is 5.95. The summed E-state index contributed by atoms with van der Waals surface area (Å²) in [4.78, 5) is 22.5. The molecule has 24 heavy (non-hydrogen) atoms. The van der Waals surface area contributed by atoms with Crippen molar-refractivity contribution in [2.45, 2.75) is 43.5 Å². The maximum Gasteiger partial charge on any atom is 0.258 e. The molecule has 5 atom stereocenters. The first-order valence-electron chi connectivity index (χ1n) is 7.41. The first-order chi connectivity index (χ1) is 11.3. The van der Waals surface area contributed by atoms with Gasteiger partial charge in [0.25, 0.3) is 5.79 Å². The number of Topliss-reactive ketones (excluding diaryl/α,β-unsaturated/α-hetero) is 1. The molecule has 1 saturated heterocycles. The lowest BCUT2D eigenvalue weighted by molar-refractivity contribution is -0.327. The fraction of sp³-hybridized carbons (Fsp3) is 0.500. The third kappa shape index (κ3) is 3.47. The van der Waals surface area contributed by atoms with Crippen molar-refractivity contribution in [1.29, 1.82) is 0 Å². The van der Waals surface area contributed by atoms with E-state index in [2.05, 4.69) is 0 Å². The molecule has 0 saturated carbocycles. The number of carbonyl (C=O) groups is 2. The monoisotopic (exact) mass is 340 g/mol. The lowest BCUT2D eigenvalue weighted by Gasteiger charge is -2.45. The highest BCUT2D eigenvalue weighted by Gasteiger charge is 2.58. The number of benzene rings is 1. The van der Waals surface area contributed by atoms with E-state index in [-0.39, 0.29) is 6.29 Å². The molecule has 1 aliphatic heterocycles. The fourth-order valence-corrected chi connectivity index (χ4v) is 2.57. The maximum atomic E-state index is 12.0. The highest BCUT2D eigenvalue weighted by Crippen LogP contribution is 2.32. The largest absolute Gasteiger partial charge is 0.485 e. The van der Waals surface area contributed by atoms with Crippen LogP contribution in [0.5, 0.6) is 5.75 Å². The molecule has 0 spiro atoms. The number of rotatable bonds is 6. The van der Waals surface area contributed by atoms with Crippen molar-refractivity contribution >= 4 is 12.1 Å². The van der Waals surface area contributed by atoms with Crippen LogP contribution >= 0.6 is 0 Å². The third-order valence-electron chi connectivity index (χ3n) is 3.87. The molecule has 0 aromatic heterocycles. The van der Waals surface area contributed by atoms with Gasteiger partial charge in [-0.2, -0.15) is 0 Å². The molecule has 0 radical (unpaired) electrons. The molecule has 1 fully saturated rings. The number of hydrogen-bond acceptors (Lipinski definition) is 8. The minimum atomic E-state index is -2.76. The Morgan fingerprint density at radius 1 is 1.42 bits per heavy atom. The lowest BCUT2D eigenvalue weighted by atomic mass is 9.89. The Morgan fingerprint density at radius 3 is 2.71 bits per heavy atom. The van der Waals surface area contributed by atoms with Gasteiger partial charge in [0.05, 0.1) is 13.0 Å². The fourth-order valence-electron chi connectivity index (χ4n) is 2.57. The van der Waals surface area contributed by atoms with Crippen LogP contribution in [-0.2, 0) is 14.3 Å². The molecule has 1 aromatic carbocycles. The highest BCUT2D eigenvalue weighted by atomic mass is 16.7. The Hall–Kier alpha value is -1.84. The number of aliphatic hydroxyl groups is 4. The third-order valence-corrected chi connectivity index (χ3v) is 3.87. The summed E-state index contributed by atoms with van der Waals surface area (Å²) in [7, 11) is 0. The Kier molecular flexibility index (Phi) is 5.68. The van der Waals surface area contributed by atoms with Crippen molar-refractivity contribution in [3.8, 4) is 5.75 Å². The molecule has 4 N–H and O–H groups in total. The quantitative estimate of drug-likeness (QED) is 0.371. The van der Waals surface area contributed by atoms with E-state index in [1.165, 1.54) is 0 Å².